The van der Waals surface area contributed by atoms with Crippen LogP contribution in [0.2, 0.25) is 10.0 Å². The van der Waals surface area contributed by atoms with Crippen molar-refractivity contribution < 1.29 is 13.6 Å². The van der Waals surface area contributed by atoms with Crippen molar-refractivity contribution in [2.45, 2.75) is 0 Å². The Morgan fingerprint density at radius 3 is 2.35 bits per heavy atom. The first kappa shape index (κ1) is 18.0. The Morgan fingerprint density at radius 1 is 1.00 bits per heavy atom. The normalized spacial score (nSPS) is 10.5. The number of amides is 1. The van der Waals surface area contributed by atoms with Crippen LogP contribution in [0.1, 0.15) is 10.5 Å². The summed E-state index contributed by atoms with van der Waals surface area (Å²) in [5.74, 6) is -2.25. The maximum absolute atomic E-state index is 13.6. The van der Waals surface area contributed by atoms with E-state index >= 15 is 0 Å². The van der Waals surface area contributed by atoms with E-state index in [1.165, 1.54) is 18.5 Å². The predicted octanol–water partition coefficient (Wildman–Crippen LogP) is 5.06. The number of hydrogen-bond acceptors (Lipinski definition) is 4. The van der Waals surface area contributed by atoms with Gasteiger partial charge in [-0.25, -0.2) is 18.7 Å². The van der Waals surface area contributed by atoms with Gasteiger partial charge in [0, 0.05) is 5.02 Å². The van der Waals surface area contributed by atoms with Crippen LogP contribution in [0.4, 0.5) is 26.0 Å². The lowest BCUT2D eigenvalue weighted by Crippen LogP contribution is -2.16. The molecule has 0 aliphatic carbocycles. The van der Waals surface area contributed by atoms with Crippen LogP contribution in [-0.4, -0.2) is 15.9 Å². The van der Waals surface area contributed by atoms with Crippen molar-refractivity contribution >= 4 is 46.3 Å². The molecule has 0 spiro atoms. The highest BCUT2D eigenvalue weighted by Gasteiger charge is 2.15. The Kier molecular flexibility index (Phi) is 5.29. The number of rotatable bonds is 4. The van der Waals surface area contributed by atoms with Crippen LogP contribution in [0.5, 0.6) is 0 Å². The Hall–Kier alpha value is -2.77. The Bertz CT molecular complexity index is 947. The van der Waals surface area contributed by atoms with Crippen molar-refractivity contribution in [3.8, 4) is 0 Å². The molecule has 2 N–H and O–H groups in total. The molecule has 0 saturated carbocycles. The number of para-hydroxylation sites is 1. The minimum absolute atomic E-state index is 0.111. The fourth-order valence-electron chi connectivity index (χ4n) is 2.03. The van der Waals surface area contributed by atoms with Gasteiger partial charge in [-0.2, -0.15) is 0 Å². The number of halogens is 4. The van der Waals surface area contributed by atoms with Crippen molar-refractivity contribution in [2.24, 2.45) is 0 Å². The van der Waals surface area contributed by atoms with Gasteiger partial charge >= 0.3 is 0 Å². The van der Waals surface area contributed by atoms with Crippen molar-refractivity contribution in [1.82, 2.24) is 9.97 Å². The van der Waals surface area contributed by atoms with Gasteiger partial charge in [-0.15, -0.1) is 0 Å². The molecule has 1 aromatic heterocycles. The van der Waals surface area contributed by atoms with E-state index in [-0.39, 0.29) is 5.69 Å². The van der Waals surface area contributed by atoms with E-state index in [0.29, 0.717) is 21.6 Å². The second-order valence-corrected chi connectivity index (χ2v) is 5.93. The average Bonchev–Trinajstić information content (AvgIpc) is 2.61. The molecule has 0 aliphatic rings. The summed E-state index contributed by atoms with van der Waals surface area (Å²) in [5.41, 5.74) is -0.106. The van der Waals surface area contributed by atoms with Gasteiger partial charge < -0.3 is 10.6 Å². The minimum atomic E-state index is -0.887. The first-order valence-electron chi connectivity index (χ1n) is 7.23. The van der Waals surface area contributed by atoms with E-state index in [1.807, 2.05) is 0 Å². The van der Waals surface area contributed by atoms with Crippen molar-refractivity contribution in [2.75, 3.05) is 10.6 Å². The highest BCUT2D eigenvalue weighted by atomic mass is 35.5. The summed E-state index contributed by atoms with van der Waals surface area (Å²) < 4.78 is 27.2. The number of nitrogens with zero attached hydrogens (tertiary/aromatic N) is 2. The summed E-state index contributed by atoms with van der Waals surface area (Å²) >= 11 is 11.9. The standard InChI is InChI=1S/C17H10Cl2F2N4O/c18-9-4-5-13(10(19)6-9)24-15-8-22-14(7-23-15)17(26)25-16-11(20)2-1-3-12(16)21/h1-8H,(H,23,24)(H,25,26). The Morgan fingerprint density at radius 2 is 1.73 bits per heavy atom. The van der Waals surface area contributed by atoms with Gasteiger partial charge in [-0.1, -0.05) is 29.3 Å². The zero-order valence-electron chi connectivity index (χ0n) is 12.9. The molecule has 0 bridgehead atoms. The molecular weight excluding hydrogens is 385 g/mol. The van der Waals surface area contributed by atoms with Crippen molar-refractivity contribution in [3.63, 3.8) is 0 Å². The maximum atomic E-state index is 13.6. The van der Waals surface area contributed by atoms with Crippen LogP contribution in [0.3, 0.4) is 0 Å². The molecule has 0 unspecified atom stereocenters. The summed E-state index contributed by atoms with van der Waals surface area (Å²) in [7, 11) is 0. The van der Waals surface area contributed by atoms with E-state index in [4.69, 9.17) is 23.2 Å². The molecule has 0 atom stereocenters. The lowest BCUT2D eigenvalue weighted by atomic mass is 10.2. The van der Waals surface area contributed by atoms with Crippen LogP contribution in [0, 0.1) is 11.6 Å². The van der Waals surface area contributed by atoms with Gasteiger partial charge in [0.05, 0.1) is 23.1 Å². The molecule has 132 valence electrons. The van der Waals surface area contributed by atoms with Crippen molar-refractivity contribution in [1.29, 1.82) is 0 Å². The molecule has 3 aromatic rings. The zero-order valence-corrected chi connectivity index (χ0v) is 14.4. The predicted molar refractivity (Wildman–Crippen MR) is 96.1 cm³/mol. The highest BCUT2D eigenvalue weighted by molar-refractivity contribution is 6.36. The fraction of sp³-hybridized carbons (Fsp3) is 0. The number of benzene rings is 2. The molecule has 0 aliphatic heterocycles. The van der Waals surface area contributed by atoms with Crippen LogP contribution in [0.15, 0.2) is 48.8 Å². The smallest absolute Gasteiger partial charge is 0.276 e. The fourth-order valence-corrected chi connectivity index (χ4v) is 2.49. The van der Waals surface area contributed by atoms with E-state index in [2.05, 4.69) is 20.6 Å². The van der Waals surface area contributed by atoms with Crippen LogP contribution >= 0.6 is 23.2 Å². The molecule has 2 aromatic carbocycles. The topological polar surface area (TPSA) is 66.9 Å². The second kappa shape index (κ2) is 7.63. The van der Waals surface area contributed by atoms with E-state index < -0.39 is 23.2 Å². The van der Waals surface area contributed by atoms with E-state index in [0.717, 1.165) is 12.1 Å². The van der Waals surface area contributed by atoms with Crippen LogP contribution in [-0.2, 0) is 0 Å². The third-order valence-corrected chi connectivity index (χ3v) is 3.83. The number of aromatic nitrogens is 2. The molecular formula is C17H10Cl2F2N4O. The Labute approximate surface area is 157 Å². The quantitative estimate of drug-likeness (QED) is 0.648. The summed E-state index contributed by atoms with van der Waals surface area (Å²) in [4.78, 5) is 20.0. The summed E-state index contributed by atoms with van der Waals surface area (Å²) in [6.45, 7) is 0. The van der Waals surface area contributed by atoms with Gasteiger partial charge in [0.15, 0.2) is 0 Å². The van der Waals surface area contributed by atoms with Crippen molar-refractivity contribution in [3.05, 3.63) is 76.2 Å². The van der Waals surface area contributed by atoms with E-state index in [1.54, 1.807) is 18.2 Å². The lowest BCUT2D eigenvalue weighted by Gasteiger charge is -2.09. The molecule has 0 radical (unpaired) electrons. The molecule has 1 amide bonds. The monoisotopic (exact) mass is 394 g/mol. The third-order valence-electron chi connectivity index (χ3n) is 3.28. The zero-order chi connectivity index (χ0) is 18.7. The number of hydrogen-bond donors (Lipinski definition) is 2. The van der Waals surface area contributed by atoms with Gasteiger partial charge in [0.1, 0.15) is 28.8 Å². The maximum Gasteiger partial charge on any atom is 0.276 e. The molecule has 9 heteroatoms. The number of nitrogens with one attached hydrogen (secondary N) is 2. The summed E-state index contributed by atoms with van der Waals surface area (Å²) in [6.07, 6.45) is 2.46. The Balaban J connectivity index is 1.74. The minimum Gasteiger partial charge on any atom is -0.338 e. The van der Waals surface area contributed by atoms with Gasteiger partial charge in [-0.3, -0.25) is 4.79 Å². The van der Waals surface area contributed by atoms with E-state index in [9.17, 15) is 13.6 Å². The molecule has 3 rings (SSSR count). The largest absolute Gasteiger partial charge is 0.338 e. The summed E-state index contributed by atoms with van der Waals surface area (Å²) in [5, 5.41) is 5.92. The molecule has 0 saturated heterocycles. The summed E-state index contributed by atoms with van der Waals surface area (Å²) in [6, 6.07) is 8.13. The highest BCUT2D eigenvalue weighted by Crippen LogP contribution is 2.27. The average molecular weight is 395 g/mol. The number of anilines is 3. The van der Waals surface area contributed by atoms with Gasteiger partial charge in [0.2, 0.25) is 0 Å². The van der Waals surface area contributed by atoms with Gasteiger partial charge in [0.25, 0.3) is 5.91 Å². The van der Waals surface area contributed by atoms with Crippen LogP contribution < -0.4 is 10.6 Å². The molecule has 5 nitrogen and oxygen atoms in total. The third kappa shape index (κ3) is 4.07. The first-order valence-corrected chi connectivity index (χ1v) is 7.99. The molecule has 26 heavy (non-hydrogen) atoms. The number of carbonyl (C=O) groups is 1. The van der Waals surface area contributed by atoms with Gasteiger partial charge in [-0.05, 0) is 30.3 Å². The SMILES string of the molecule is O=C(Nc1c(F)cccc1F)c1cnc(Nc2ccc(Cl)cc2Cl)cn1. The second-order valence-electron chi connectivity index (χ2n) is 5.09. The first-order chi connectivity index (χ1) is 12.4. The van der Waals surface area contributed by atoms with Crippen LogP contribution in [0.25, 0.3) is 0 Å². The molecule has 1 heterocycles. The lowest BCUT2D eigenvalue weighted by molar-refractivity contribution is 0.102. The molecule has 0 fully saturated rings. The number of carbonyl (C=O) groups excluding carboxylic acids is 1.